The monoisotopic (exact) mass is 265 g/mol. The molecule has 1 aliphatic heterocycles. The number of aromatic nitrogens is 2. The summed E-state index contributed by atoms with van der Waals surface area (Å²) < 4.78 is 4.23. The van der Waals surface area contributed by atoms with Crippen LogP contribution in [0, 0.1) is 18.3 Å². The molecule has 0 radical (unpaired) electrons. The van der Waals surface area contributed by atoms with E-state index in [0.717, 1.165) is 56.5 Å². The van der Waals surface area contributed by atoms with Crippen molar-refractivity contribution >= 4 is 16.7 Å². The molecular weight excluding hydrogens is 246 g/mol. The third-order valence-electron chi connectivity index (χ3n) is 3.17. The van der Waals surface area contributed by atoms with E-state index in [1.807, 2.05) is 6.92 Å². The summed E-state index contributed by atoms with van der Waals surface area (Å²) in [5.41, 5.74) is 0. The topological polar surface area (TPSA) is 56.1 Å². The maximum absolute atomic E-state index is 8.48. The van der Waals surface area contributed by atoms with Crippen molar-refractivity contribution in [2.75, 3.05) is 37.6 Å². The van der Waals surface area contributed by atoms with Crippen LogP contribution in [0.2, 0.25) is 0 Å². The van der Waals surface area contributed by atoms with Crippen LogP contribution in [0.1, 0.15) is 25.1 Å². The SMILES string of the molecule is Cc1nsc(N2CCN(CCCCC#N)CC2)n1. The first-order valence-electron chi connectivity index (χ1n) is 6.44. The lowest BCUT2D eigenvalue weighted by Crippen LogP contribution is -2.46. The Kier molecular flexibility index (Phi) is 4.90. The zero-order chi connectivity index (χ0) is 12.8. The van der Waals surface area contributed by atoms with Crippen LogP contribution in [0.5, 0.6) is 0 Å². The Hall–Kier alpha value is -1.19. The van der Waals surface area contributed by atoms with Crippen LogP contribution < -0.4 is 4.90 Å². The second-order valence-electron chi connectivity index (χ2n) is 4.57. The Bertz CT molecular complexity index is 403. The maximum Gasteiger partial charge on any atom is 0.205 e. The van der Waals surface area contributed by atoms with Crippen molar-refractivity contribution in [1.82, 2.24) is 14.3 Å². The van der Waals surface area contributed by atoms with Gasteiger partial charge >= 0.3 is 0 Å². The van der Waals surface area contributed by atoms with Crippen molar-refractivity contribution in [3.63, 3.8) is 0 Å². The number of hydrogen-bond donors (Lipinski definition) is 0. The fourth-order valence-electron chi connectivity index (χ4n) is 2.12. The van der Waals surface area contributed by atoms with Crippen LogP contribution >= 0.6 is 11.5 Å². The first-order chi connectivity index (χ1) is 8.79. The van der Waals surface area contributed by atoms with Crippen LogP contribution in [-0.2, 0) is 0 Å². The van der Waals surface area contributed by atoms with Crippen molar-refractivity contribution in [2.24, 2.45) is 0 Å². The van der Waals surface area contributed by atoms with Gasteiger partial charge in [-0.15, -0.1) is 0 Å². The molecule has 1 aromatic heterocycles. The molecular formula is C12H19N5S. The number of piperazine rings is 1. The van der Waals surface area contributed by atoms with E-state index in [0.29, 0.717) is 6.42 Å². The van der Waals surface area contributed by atoms with Gasteiger partial charge in [-0.3, -0.25) is 4.90 Å². The molecule has 2 heterocycles. The Balaban J connectivity index is 1.70. The number of rotatable bonds is 5. The highest BCUT2D eigenvalue weighted by Gasteiger charge is 2.18. The van der Waals surface area contributed by atoms with Crippen molar-refractivity contribution in [3.8, 4) is 6.07 Å². The lowest BCUT2D eigenvalue weighted by molar-refractivity contribution is 0.253. The van der Waals surface area contributed by atoms with E-state index in [2.05, 4.69) is 25.2 Å². The molecule has 0 saturated carbocycles. The molecule has 0 aliphatic carbocycles. The minimum atomic E-state index is 0.685. The molecule has 2 rings (SSSR count). The number of aryl methyl sites for hydroxylation is 1. The number of nitrogens with zero attached hydrogens (tertiary/aromatic N) is 5. The normalized spacial score (nSPS) is 16.8. The Labute approximate surface area is 112 Å². The first kappa shape index (κ1) is 13.2. The molecule has 0 bridgehead atoms. The molecule has 0 spiro atoms. The van der Waals surface area contributed by atoms with E-state index in [4.69, 9.17) is 5.26 Å². The summed E-state index contributed by atoms with van der Waals surface area (Å²) in [7, 11) is 0. The molecule has 1 saturated heterocycles. The summed E-state index contributed by atoms with van der Waals surface area (Å²) in [6.45, 7) is 7.30. The quantitative estimate of drug-likeness (QED) is 0.758. The number of nitriles is 1. The highest BCUT2D eigenvalue weighted by molar-refractivity contribution is 7.09. The lowest BCUT2D eigenvalue weighted by atomic mass is 10.2. The van der Waals surface area contributed by atoms with E-state index in [1.165, 1.54) is 11.5 Å². The van der Waals surface area contributed by atoms with Crippen LogP contribution in [0.4, 0.5) is 5.13 Å². The molecule has 6 heteroatoms. The number of hydrogen-bond acceptors (Lipinski definition) is 6. The van der Waals surface area contributed by atoms with E-state index in [9.17, 15) is 0 Å². The summed E-state index contributed by atoms with van der Waals surface area (Å²) in [6.07, 6.45) is 2.84. The first-order valence-corrected chi connectivity index (χ1v) is 7.21. The van der Waals surface area contributed by atoms with Gasteiger partial charge in [0.25, 0.3) is 0 Å². The number of unbranched alkanes of at least 4 members (excludes halogenated alkanes) is 2. The molecule has 98 valence electrons. The van der Waals surface area contributed by atoms with Crippen LogP contribution in [-0.4, -0.2) is 47.0 Å². The summed E-state index contributed by atoms with van der Waals surface area (Å²) in [6, 6.07) is 2.20. The van der Waals surface area contributed by atoms with Crippen molar-refractivity contribution < 1.29 is 0 Å². The zero-order valence-electron chi connectivity index (χ0n) is 10.8. The third kappa shape index (κ3) is 3.65. The van der Waals surface area contributed by atoms with E-state index in [1.54, 1.807) is 0 Å². The molecule has 1 aromatic rings. The average Bonchev–Trinajstić information content (AvgIpc) is 2.82. The minimum absolute atomic E-state index is 0.685. The molecule has 0 atom stereocenters. The van der Waals surface area contributed by atoms with Crippen LogP contribution in [0.15, 0.2) is 0 Å². The summed E-state index contributed by atoms with van der Waals surface area (Å²) in [5.74, 6) is 0.869. The smallest absolute Gasteiger partial charge is 0.205 e. The molecule has 0 N–H and O–H groups in total. The minimum Gasteiger partial charge on any atom is -0.344 e. The molecule has 18 heavy (non-hydrogen) atoms. The Morgan fingerprint density at radius 2 is 2.06 bits per heavy atom. The van der Waals surface area contributed by atoms with Gasteiger partial charge in [0, 0.05) is 44.1 Å². The zero-order valence-corrected chi connectivity index (χ0v) is 11.6. The molecule has 0 unspecified atom stereocenters. The van der Waals surface area contributed by atoms with E-state index < -0.39 is 0 Å². The van der Waals surface area contributed by atoms with Gasteiger partial charge in [-0.25, -0.2) is 4.98 Å². The highest BCUT2D eigenvalue weighted by atomic mass is 32.1. The van der Waals surface area contributed by atoms with Gasteiger partial charge < -0.3 is 4.90 Å². The third-order valence-corrected chi connectivity index (χ3v) is 4.04. The van der Waals surface area contributed by atoms with Gasteiger partial charge in [-0.05, 0) is 26.3 Å². The second-order valence-corrected chi connectivity index (χ2v) is 5.30. The highest BCUT2D eigenvalue weighted by Crippen LogP contribution is 2.18. The molecule has 0 aromatic carbocycles. The van der Waals surface area contributed by atoms with Crippen molar-refractivity contribution in [3.05, 3.63) is 5.82 Å². The largest absolute Gasteiger partial charge is 0.344 e. The van der Waals surface area contributed by atoms with Gasteiger partial charge in [-0.1, -0.05) is 0 Å². The molecule has 1 fully saturated rings. The van der Waals surface area contributed by atoms with Gasteiger partial charge in [-0.2, -0.15) is 9.64 Å². The predicted octanol–water partition coefficient (Wildman–Crippen LogP) is 1.66. The van der Waals surface area contributed by atoms with Crippen LogP contribution in [0.3, 0.4) is 0 Å². The maximum atomic E-state index is 8.48. The van der Waals surface area contributed by atoms with Gasteiger partial charge in [0.15, 0.2) is 0 Å². The van der Waals surface area contributed by atoms with Gasteiger partial charge in [0.2, 0.25) is 5.13 Å². The Morgan fingerprint density at radius 3 is 2.67 bits per heavy atom. The molecule has 0 amide bonds. The predicted molar refractivity (Wildman–Crippen MR) is 72.8 cm³/mol. The summed E-state index contributed by atoms with van der Waals surface area (Å²) >= 11 is 1.49. The average molecular weight is 265 g/mol. The van der Waals surface area contributed by atoms with E-state index >= 15 is 0 Å². The molecule has 5 nitrogen and oxygen atoms in total. The summed E-state index contributed by atoms with van der Waals surface area (Å²) in [5, 5.41) is 9.54. The van der Waals surface area contributed by atoms with Crippen LogP contribution in [0.25, 0.3) is 0 Å². The second kappa shape index (κ2) is 6.66. The van der Waals surface area contributed by atoms with Crippen molar-refractivity contribution in [2.45, 2.75) is 26.2 Å². The van der Waals surface area contributed by atoms with E-state index in [-0.39, 0.29) is 0 Å². The fraction of sp³-hybridized carbons (Fsp3) is 0.750. The molecule has 1 aliphatic rings. The fourth-order valence-corrected chi connectivity index (χ4v) is 2.84. The lowest BCUT2D eigenvalue weighted by Gasteiger charge is -2.34. The van der Waals surface area contributed by atoms with Gasteiger partial charge in [0.1, 0.15) is 5.82 Å². The standard InChI is InChI=1S/C12H19N5S/c1-11-14-12(18-15-11)17-9-7-16(8-10-17)6-4-2-3-5-13/h2-4,6-10H2,1H3. The Morgan fingerprint density at radius 1 is 1.28 bits per heavy atom. The van der Waals surface area contributed by atoms with Gasteiger partial charge in [0.05, 0.1) is 6.07 Å². The van der Waals surface area contributed by atoms with Crippen molar-refractivity contribution in [1.29, 1.82) is 5.26 Å². The summed E-state index contributed by atoms with van der Waals surface area (Å²) in [4.78, 5) is 9.21. The number of anilines is 1.